The first-order valence-electron chi connectivity index (χ1n) is 13.0. The second-order valence-electron chi connectivity index (χ2n) is 10.9. The lowest BCUT2D eigenvalue weighted by Crippen LogP contribution is -2.47. The number of hydrogen-bond acceptors (Lipinski definition) is 5. The standard InChI is InChI=1S/C30H29N5O4/c1-18(2)35-27(38)29(3,21-8-5-4-6-9-21)34(28(35)39)17-24(36)32-22-12-11-19-15-30(16-20(19)14-22)23-10-7-13-31-25(23)33-26(30)37/h4-14,18H,15-17H2,1-3H3,(H,32,36)(H,31,33,37)/t29?,30-/m1/s1. The van der Waals surface area contributed by atoms with Crippen molar-refractivity contribution in [1.29, 1.82) is 0 Å². The Morgan fingerprint density at radius 2 is 1.77 bits per heavy atom. The average Bonchev–Trinajstić information content (AvgIpc) is 3.49. The highest BCUT2D eigenvalue weighted by Gasteiger charge is 2.56. The molecule has 6 rings (SSSR count). The lowest BCUT2D eigenvalue weighted by Gasteiger charge is -2.31. The fraction of sp³-hybridized carbons (Fsp3) is 0.300. The van der Waals surface area contributed by atoms with E-state index in [1.165, 1.54) is 9.80 Å². The summed E-state index contributed by atoms with van der Waals surface area (Å²) in [4.78, 5) is 60.0. The number of hydrogen-bond donors (Lipinski definition) is 2. The Morgan fingerprint density at radius 1 is 1.03 bits per heavy atom. The van der Waals surface area contributed by atoms with Gasteiger partial charge in [0.1, 0.15) is 17.9 Å². The van der Waals surface area contributed by atoms with Crippen molar-refractivity contribution in [3.8, 4) is 0 Å². The summed E-state index contributed by atoms with van der Waals surface area (Å²) >= 11 is 0. The molecule has 2 aliphatic heterocycles. The molecule has 2 N–H and O–H groups in total. The summed E-state index contributed by atoms with van der Waals surface area (Å²) in [6, 6.07) is 17.6. The maximum Gasteiger partial charge on any atom is 0.328 e. The van der Waals surface area contributed by atoms with E-state index >= 15 is 0 Å². The second-order valence-corrected chi connectivity index (χ2v) is 10.9. The number of anilines is 2. The van der Waals surface area contributed by atoms with Crippen LogP contribution < -0.4 is 10.6 Å². The van der Waals surface area contributed by atoms with Crippen molar-refractivity contribution >= 4 is 35.3 Å². The van der Waals surface area contributed by atoms with Gasteiger partial charge < -0.3 is 10.6 Å². The Morgan fingerprint density at radius 3 is 2.51 bits per heavy atom. The summed E-state index contributed by atoms with van der Waals surface area (Å²) in [7, 11) is 0. The number of benzene rings is 2. The maximum atomic E-state index is 13.5. The lowest BCUT2D eigenvalue weighted by atomic mass is 9.79. The van der Waals surface area contributed by atoms with Crippen molar-refractivity contribution in [2.24, 2.45) is 0 Å². The SMILES string of the molecule is CC(C)N1C(=O)N(CC(=O)Nc2ccc3c(c2)C[C@@]2(C3)C(=O)Nc3ncccc32)C(C)(c2ccccc2)C1=O. The molecule has 0 bridgehead atoms. The molecule has 0 radical (unpaired) electrons. The third-order valence-corrected chi connectivity index (χ3v) is 8.23. The van der Waals surface area contributed by atoms with Gasteiger partial charge in [-0.15, -0.1) is 0 Å². The van der Waals surface area contributed by atoms with Crippen LogP contribution in [0.3, 0.4) is 0 Å². The molecule has 2 atom stereocenters. The summed E-state index contributed by atoms with van der Waals surface area (Å²) in [5, 5.41) is 5.80. The quantitative estimate of drug-likeness (QED) is 0.497. The number of amides is 5. The fourth-order valence-electron chi connectivity index (χ4n) is 6.17. The summed E-state index contributed by atoms with van der Waals surface area (Å²) < 4.78 is 0. The molecule has 5 amide bonds. The van der Waals surface area contributed by atoms with Crippen molar-refractivity contribution in [3.63, 3.8) is 0 Å². The number of carbonyl (C=O) groups is 4. The summed E-state index contributed by atoms with van der Waals surface area (Å²) in [5.74, 6) is -0.227. The second kappa shape index (κ2) is 8.76. The molecular weight excluding hydrogens is 494 g/mol. The Bertz CT molecular complexity index is 1540. The molecule has 198 valence electrons. The van der Waals surface area contributed by atoms with Gasteiger partial charge in [-0.2, -0.15) is 0 Å². The van der Waals surface area contributed by atoms with Crippen molar-refractivity contribution in [3.05, 3.63) is 89.1 Å². The summed E-state index contributed by atoms with van der Waals surface area (Å²) in [6.07, 6.45) is 2.73. The van der Waals surface area contributed by atoms with E-state index in [1.54, 1.807) is 45.2 Å². The third-order valence-electron chi connectivity index (χ3n) is 8.23. The number of fused-ring (bicyclic) bond motifs is 3. The third kappa shape index (κ3) is 3.64. The van der Waals surface area contributed by atoms with Crippen LogP contribution in [0.1, 0.15) is 43.0 Å². The van der Waals surface area contributed by atoms with Gasteiger partial charge in [0, 0.05) is 23.5 Å². The number of nitrogens with one attached hydrogen (secondary N) is 2. The minimum atomic E-state index is -1.30. The van der Waals surface area contributed by atoms with Gasteiger partial charge in [0.25, 0.3) is 5.91 Å². The van der Waals surface area contributed by atoms with Crippen molar-refractivity contribution < 1.29 is 19.2 Å². The summed E-state index contributed by atoms with van der Waals surface area (Å²) in [5.41, 5.74) is 2.13. The zero-order chi connectivity index (χ0) is 27.5. The van der Waals surface area contributed by atoms with E-state index in [1.807, 2.05) is 42.5 Å². The maximum absolute atomic E-state index is 13.5. The largest absolute Gasteiger partial charge is 0.328 e. The van der Waals surface area contributed by atoms with Crippen molar-refractivity contribution in [1.82, 2.24) is 14.8 Å². The number of imide groups is 1. The minimum absolute atomic E-state index is 0.0647. The Labute approximate surface area is 226 Å². The number of carbonyl (C=O) groups excluding carboxylic acids is 4. The molecule has 0 saturated carbocycles. The van der Waals surface area contributed by atoms with Crippen LogP contribution >= 0.6 is 0 Å². The monoisotopic (exact) mass is 523 g/mol. The van der Waals surface area contributed by atoms with E-state index < -0.39 is 22.9 Å². The van der Waals surface area contributed by atoms with Crippen LogP contribution in [-0.2, 0) is 38.2 Å². The molecule has 1 unspecified atom stereocenters. The van der Waals surface area contributed by atoms with Gasteiger partial charge in [-0.25, -0.2) is 9.78 Å². The van der Waals surface area contributed by atoms with Gasteiger partial charge in [-0.3, -0.25) is 24.2 Å². The molecule has 9 heteroatoms. The molecule has 39 heavy (non-hydrogen) atoms. The molecule has 9 nitrogen and oxygen atoms in total. The zero-order valence-corrected chi connectivity index (χ0v) is 22.0. The Balaban J connectivity index is 1.24. The molecule has 1 aliphatic carbocycles. The molecule has 3 aromatic rings. The molecule has 3 aliphatic rings. The summed E-state index contributed by atoms with van der Waals surface area (Å²) in [6.45, 7) is 4.95. The van der Waals surface area contributed by atoms with E-state index in [9.17, 15) is 19.2 Å². The highest BCUT2D eigenvalue weighted by Crippen LogP contribution is 2.47. The van der Waals surface area contributed by atoms with E-state index in [-0.39, 0.29) is 24.4 Å². The normalized spacial score (nSPS) is 23.4. The minimum Gasteiger partial charge on any atom is -0.325 e. The highest BCUT2D eigenvalue weighted by atomic mass is 16.2. The molecule has 1 aromatic heterocycles. The van der Waals surface area contributed by atoms with Gasteiger partial charge in [0.15, 0.2) is 0 Å². The van der Waals surface area contributed by atoms with Crippen LogP contribution in [0.5, 0.6) is 0 Å². The topological polar surface area (TPSA) is 112 Å². The van der Waals surface area contributed by atoms with Crippen LogP contribution in [0.25, 0.3) is 0 Å². The van der Waals surface area contributed by atoms with Gasteiger partial charge in [-0.1, -0.05) is 42.5 Å². The highest BCUT2D eigenvalue weighted by molar-refractivity contribution is 6.09. The zero-order valence-electron chi connectivity index (χ0n) is 22.0. The molecule has 1 saturated heterocycles. The van der Waals surface area contributed by atoms with Crippen LogP contribution in [0, 0.1) is 0 Å². The number of urea groups is 1. The molecule has 1 spiro atoms. The number of rotatable bonds is 5. The van der Waals surface area contributed by atoms with Crippen LogP contribution in [-0.4, -0.2) is 51.1 Å². The van der Waals surface area contributed by atoms with E-state index in [0.717, 1.165) is 16.7 Å². The van der Waals surface area contributed by atoms with Crippen LogP contribution in [0.2, 0.25) is 0 Å². The van der Waals surface area contributed by atoms with Crippen molar-refractivity contribution in [2.75, 3.05) is 17.2 Å². The van der Waals surface area contributed by atoms with Gasteiger partial charge in [0.05, 0.1) is 5.41 Å². The van der Waals surface area contributed by atoms with Crippen LogP contribution in [0.15, 0.2) is 66.9 Å². The van der Waals surface area contributed by atoms with E-state index in [4.69, 9.17) is 0 Å². The first-order chi connectivity index (χ1) is 18.6. The number of nitrogens with zero attached hydrogens (tertiary/aromatic N) is 3. The molecule has 1 fully saturated rings. The number of pyridine rings is 1. The van der Waals surface area contributed by atoms with E-state index in [2.05, 4.69) is 15.6 Å². The van der Waals surface area contributed by atoms with Gasteiger partial charge in [0.2, 0.25) is 11.8 Å². The van der Waals surface area contributed by atoms with Crippen LogP contribution in [0.4, 0.5) is 16.3 Å². The predicted molar refractivity (Wildman–Crippen MR) is 145 cm³/mol. The Kier molecular flexibility index (Phi) is 5.57. The average molecular weight is 524 g/mol. The lowest BCUT2D eigenvalue weighted by molar-refractivity contribution is -0.134. The molecule has 2 aromatic carbocycles. The van der Waals surface area contributed by atoms with Gasteiger partial charge in [-0.05, 0) is 68.5 Å². The molecule has 3 heterocycles. The van der Waals surface area contributed by atoms with E-state index in [0.29, 0.717) is 29.9 Å². The fourth-order valence-corrected chi connectivity index (χ4v) is 6.17. The Hall–Kier alpha value is -4.53. The first-order valence-corrected chi connectivity index (χ1v) is 13.0. The molecular formula is C30H29N5O4. The predicted octanol–water partition coefficient (Wildman–Crippen LogP) is 3.60. The smallest absolute Gasteiger partial charge is 0.325 e. The van der Waals surface area contributed by atoms with Crippen molar-refractivity contribution in [2.45, 2.75) is 50.6 Å². The van der Waals surface area contributed by atoms with Gasteiger partial charge >= 0.3 is 6.03 Å². The number of aromatic nitrogens is 1. The first kappa shape index (κ1) is 24.8.